The van der Waals surface area contributed by atoms with Crippen LogP contribution < -0.4 is 5.32 Å². The van der Waals surface area contributed by atoms with Gasteiger partial charge in [-0.2, -0.15) is 0 Å². The summed E-state index contributed by atoms with van der Waals surface area (Å²) in [7, 11) is 0. The topological polar surface area (TPSA) is 67.2 Å². The number of aliphatic hydroxyl groups is 1. The Morgan fingerprint density at radius 3 is 2.43 bits per heavy atom. The molecule has 1 heterocycles. The Hall–Kier alpha value is -1.40. The lowest BCUT2D eigenvalue weighted by Crippen LogP contribution is -2.26. The highest BCUT2D eigenvalue weighted by molar-refractivity contribution is 8.93. The van der Waals surface area contributed by atoms with Crippen LogP contribution in [-0.2, 0) is 11.3 Å². The minimum absolute atomic E-state index is 0. The van der Waals surface area contributed by atoms with Crippen LogP contribution >= 0.6 is 17.0 Å². The molecule has 0 atom stereocenters. The third-order valence-corrected chi connectivity index (χ3v) is 3.90. The molecule has 23 heavy (non-hydrogen) atoms. The van der Waals surface area contributed by atoms with Gasteiger partial charge >= 0.3 is 0 Å². The number of halogens is 1. The molecule has 2 aromatic rings. The predicted octanol–water partition coefficient (Wildman–Crippen LogP) is 3.25. The van der Waals surface area contributed by atoms with Crippen LogP contribution in [-0.4, -0.2) is 33.6 Å². The van der Waals surface area contributed by atoms with Crippen LogP contribution in [0.5, 0.6) is 0 Å². The SMILES string of the molecule is Br.Cc1cc2nc(NCCO)n(CC(=O)C(C)(C)C)c2cc1C. The van der Waals surface area contributed by atoms with E-state index < -0.39 is 5.41 Å². The first-order valence-corrected chi connectivity index (χ1v) is 7.59. The van der Waals surface area contributed by atoms with Gasteiger partial charge in [0.15, 0.2) is 5.78 Å². The Labute approximate surface area is 147 Å². The van der Waals surface area contributed by atoms with Crippen LogP contribution in [0.3, 0.4) is 0 Å². The summed E-state index contributed by atoms with van der Waals surface area (Å²) in [6.45, 7) is 10.6. The van der Waals surface area contributed by atoms with Crippen molar-refractivity contribution in [2.45, 2.75) is 41.2 Å². The second-order valence-corrected chi connectivity index (χ2v) is 6.77. The van der Waals surface area contributed by atoms with Crippen molar-refractivity contribution in [1.29, 1.82) is 0 Å². The van der Waals surface area contributed by atoms with Crippen LogP contribution in [0.15, 0.2) is 12.1 Å². The molecule has 0 fully saturated rings. The number of imidazole rings is 1. The molecule has 0 amide bonds. The van der Waals surface area contributed by atoms with E-state index in [9.17, 15) is 4.79 Å². The molecule has 0 saturated carbocycles. The molecule has 0 unspecified atom stereocenters. The quantitative estimate of drug-likeness (QED) is 0.831. The number of nitrogens with zero attached hydrogens (tertiary/aromatic N) is 2. The average Bonchev–Trinajstić information content (AvgIpc) is 2.73. The summed E-state index contributed by atoms with van der Waals surface area (Å²) < 4.78 is 1.91. The standard InChI is InChI=1S/C17H25N3O2.BrH/c1-11-8-13-14(9-12(11)2)20(10-15(22)17(3,4)5)16(19-13)18-6-7-21;/h8-9,21H,6-7,10H2,1-5H3,(H,18,19);1H. The van der Waals surface area contributed by atoms with Crippen molar-refractivity contribution in [3.8, 4) is 0 Å². The summed E-state index contributed by atoms with van der Waals surface area (Å²) in [5.41, 5.74) is 3.76. The molecule has 0 aliphatic rings. The van der Waals surface area contributed by atoms with Crippen molar-refractivity contribution in [1.82, 2.24) is 9.55 Å². The molecule has 128 valence electrons. The summed E-state index contributed by atoms with van der Waals surface area (Å²) in [4.78, 5) is 17.0. The number of Topliss-reactive ketones (excluding diaryl/α,β-unsaturated/α-hetero) is 1. The third kappa shape index (κ3) is 4.32. The molecule has 2 rings (SSSR count). The number of nitrogens with one attached hydrogen (secondary N) is 1. The van der Waals surface area contributed by atoms with Crippen LogP contribution in [0, 0.1) is 19.3 Å². The number of anilines is 1. The van der Waals surface area contributed by atoms with Gasteiger partial charge in [0, 0.05) is 12.0 Å². The number of benzene rings is 1. The number of aliphatic hydroxyl groups excluding tert-OH is 1. The highest BCUT2D eigenvalue weighted by Gasteiger charge is 2.23. The van der Waals surface area contributed by atoms with Gasteiger partial charge in [-0.25, -0.2) is 4.98 Å². The average molecular weight is 384 g/mol. The second-order valence-electron chi connectivity index (χ2n) is 6.77. The largest absolute Gasteiger partial charge is 0.395 e. The monoisotopic (exact) mass is 383 g/mol. The fourth-order valence-electron chi connectivity index (χ4n) is 2.22. The highest BCUT2D eigenvalue weighted by atomic mass is 79.9. The summed E-state index contributed by atoms with van der Waals surface area (Å²) in [5.74, 6) is 0.781. The third-order valence-electron chi connectivity index (χ3n) is 3.90. The molecular weight excluding hydrogens is 358 g/mol. The molecular formula is C17H26BrN3O2. The zero-order chi connectivity index (χ0) is 16.5. The molecule has 0 radical (unpaired) electrons. The number of aryl methyl sites for hydroxylation is 2. The van der Waals surface area contributed by atoms with Gasteiger partial charge in [-0.3, -0.25) is 4.79 Å². The van der Waals surface area contributed by atoms with Crippen LogP contribution in [0.2, 0.25) is 0 Å². The molecule has 0 bridgehead atoms. The van der Waals surface area contributed by atoms with Gasteiger partial charge in [-0.15, -0.1) is 17.0 Å². The Morgan fingerprint density at radius 2 is 1.87 bits per heavy atom. The number of rotatable bonds is 5. The first-order valence-electron chi connectivity index (χ1n) is 7.59. The number of carbonyl (C=O) groups is 1. The molecule has 0 aliphatic heterocycles. The maximum absolute atomic E-state index is 12.4. The minimum atomic E-state index is -0.398. The molecule has 2 N–H and O–H groups in total. The first kappa shape index (κ1) is 19.6. The summed E-state index contributed by atoms with van der Waals surface area (Å²) in [6.07, 6.45) is 0. The molecule has 0 saturated heterocycles. The van der Waals surface area contributed by atoms with Gasteiger partial charge < -0.3 is 15.0 Å². The Kier molecular flexibility index (Phi) is 6.36. The predicted molar refractivity (Wildman–Crippen MR) is 99.6 cm³/mol. The van der Waals surface area contributed by atoms with E-state index in [0.717, 1.165) is 11.0 Å². The van der Waals surface area contributed by atoms with E-state index in [1.165, 1.54) is 11.1 Å². The van der Waals surface area contributed by atoms with Gasteiger partial charge in [0.1, 0.15) is 0 Å². The highest BCUT2D eigenvalue weighted by Crippen LogP contribution is 2.25. The summed E-state index contributed by atoms with van der Waals surface area (Å²) in [6, 6.07) is 4.10. The van der Waals surface area contributed by atoms with Crippen molar-refractivity contribution >= 4 is 39.7 Å². The number of hydrogen-bond donors (Lipinski definition) is 2. The molecule has 1 aromatic heterocycles. The maximum atomic E-state index is 12.4. The van der Waals surface area contributed by atoms with Crippen LogP contribution in [0.4, 0.5) is 5.95 Å². The van der Waals surface area contributed by atoms with Gasteiger partial charge in [0.05, 0.1) is 24.2 Å². The number of ketones is 1. The van der Waals surface area contributed by atoms with Crippen LogP contribution in [0.1, 0.15) is 31.9 Å². The molecule has 5 nitrogen and oxygen atoms in total. The molecule has 0 spiro atoms. The fourth-order valence-corrected chi connectivity index (χ4v) is 2.22. The van der Waals surface area contributed by atoms with Gasteiger partial charge in [-0.1, -0.05) is 20.8 Å². The van der Waals surface area contributed by atoms with Crippen molar-refractivity contribution in [2.75, 3.05) is 18.5 Å². The van der Waals surface area contributed by atoms with E-state index in [4.69, 9.17) is 5.11 Å². The van der Waals surface area contributed by atoms with E-state index in [2.05, 4.69) is 30.2 Å². The lowest BCUT2D eigenvalue weighted by Gasteiger charge is -2.18. The summed E-state index contributed by atoms with van der Waals surface area (Å²) >= 11 is 0. The lowest BCUT2D eigenvalue weighted by molar-refractivity contribution is -0.126. The lowest BCUT2D eigenvalue weighted by atomic mass is 9.91. The van der Waals surface area contributed by atoms with Crippen molar-refractivity contribution in [2.24, 2.45) is 5.41 Å². The number of aromatic nitrogens is 2. The van der Waals surface area contributed by atoms with E-state index in [-0.39, 0.29) is 35.9 Å². The molecule has 1 aromatic carbocycles. The smallest absolute Gasteiger partial charge is 0.204 e. The zero-order valence-corrected chi connectivity index (χ0v) is 16.1. The van der Waals surface area contributed by atoms with Crippen LogP contribution in [0.25, 0.3) is 11.0 Å². The first-order chi connectivity index (χ1) is 10.2. The number of fused-ring (bicyclic) bond motifs is 1. The van der Waals surface area contributed by atoms with Gasteiger partial charge in [0.25, 0.3) is 0 Å². The van der Waals surface area contributed by atoms with Gasteiger partial charge in [-0.05, 0) is 37.1 Å². The van der Waals surface area contributed by atoms with Crippen molar-refractivity contribution in [3.05, 3.63) is 23.3 Å². The van der Waals surface area contributed by atoms with E-state index in [0.29, 0.717) is 12.5 Å². The van der Waals surface area contributed by atoms with Gasteiger partial charge in [0.2, 0.25) is 5.95 Å². The zero-order valence-electron chi connectivity index (χ0n) is 14.4. The Bertz CT molecular complexity index is 702. The van der Waals surface area contributed by atoms with E-state index >= 15 is 0 Å². The Morgan fingerprint density at radius 1 is 1.26 bits per heavy atom. The summed E-state index contributed by atoms with van der Waals surface area (Å²) in [5, 5.41) is 12.1. The van der Waals surface area contributed by atoms with Crippen molar-refractivity contribution in [3.63, 3.8) is 0 Å². The van der Waals surface area contributed by atoms with E-state index in [1.54, 1.807) is 0 Å². The number of carbonyl (C=O) groups excluding carboxylic acids is 1. The minimum Gasteiger partial charge on any atom is -0.395 e. The van der Waals surface area contributed by atoms with E-state index in [1.807, 2.05) is 31.4 Å². The normalized spacial score (nSPS) is 11.4. The molecule has 6 heteroatoms. The fraction of sp³-hybridized carbons (Fsp3) is 0.529. The number of hydrogen-bond acceptors (Lipinski definition) is 4. The van der Waals surface area contributed by atoms with Crippen molar-refractivity contribution < 1.29 is 9.90 Å². The molecule has 0 aliphatic carbocycles. The second kappa shape index (κ2) is 7.45. The maximum Gasteiger partial charge on any atom is 0.204 e. The Balaban J connectivity index is 0.00000264.